The predicted octanol–water partition coefficient (Wildman–Crippen LogP) is 3.30. The van der Waals surface area contributed by atoms with Crippen molar-refractivity contribution in [3.63, 3.8) is 0 Å². The van der Waals surface area contributed by atoms with Crippen LogP contribution >= 0.6 is 15.9 Å². The molecule has 0 aliphatic rings. The Kier molecular flexibility index (Phi) is 7.95. The van der Waals surface area contributed by atoms with E-state index < -0.39 is 28.5 Å². The second-order valence-corrected chi connectivity index (χ2v) is 9.04. The summed E-state index contributed by atoms with van der Waals surface area (Å²) in [6.45, 7) is 2.91. The maximum atomic E-state index is 13.2. The molecular weight excluding hydrogens is 462 g/mol. The summed E-state index contributed by atoms with van der Waals surface area (Å²) in [7, 11) is -2.78. The van der Waals surface area contributed by atoms with Crippen LogP contribution in [0.1, 0.15) is 28.4 Å². The Bertz CT molecular complexity index is 989. The second-order valence-electron chi connectivity index (χ2n) is 6.18. The van der Waals surface area contributed by atoms with Crippen LogP contribution in [0.5, 0.6) is 0 Å². The molecule has 0 bridgehead atoms. The van der Waals surface area contributed by atoms with E-state index in [1.807, 2.05) is 6.92 Å². The number of nitrogens with zero attached hydrogens (tertiary/aromatic N) is 1. The van der Waals surface area contributed by atoms with Crippen LogP contribution in [-0.2, 0) is 30.8 Å². The highest BCUT2D eigenvalue weighted by molar-refractivity contribution is 9.10. The predicted molar refractivity (Wildman–Crippen MR) is 111 cm³/mol. The molecule has 0 saturated heterocycles. The van der Waals surface area contributed by atoms with Gasteiger partial charge in [-0.15, -0.1) is 0 Å². The molecule has 2 aromatic rings. The first-order chi connectivity index (χ1) is 13.7. The van der Waals surface area contributed by atoms with Gasteiger partial charge in [-0.05, 0) is 49.7 Å². The standard InChI is InChI=1S/C20H22BrNO6S/c1-4-28-19(23)13-22(29(25,26)17-8-5-14(2)6-9-17)12-15-11-16(21)7-10-18(15)20(24)27-3/h5-11H,4,12-13H2,1-3H3. The molecular formula is C20H22BrNO6S. The van der Waals surface area contributed by atoms with E-state index in [0.717, 1.165) is 9.87 Å². The first-order valence-corrected chi connectivity index (χ1v) is 11.0. The third-order valence-corrected chi connectivity index (χ3v) is 6.39. The van der Waals surface area contributed by atoms with Gasteiger partial charge in [-0.2, -0.15) is 4.31 Å². The number of benzene rings is 2. The minimum atomic E-state index is -4.03. The molecule has 9 heteroatoms. The van der Waals surface area contributed by atoms with Crippen molar-refractivity contribution in [2.24, 2.45) is 0 Å². The quantitative estimate of drug-likeness (QED) is 0.535. The van der Waals surface area contributed by atoms with Gasteiger partial charge in [0.2, 0.25) is 10.0 Å². The lowest BCUT2D eigenvalue weighted by Gasteiger charge is -2.22. The van der Waals surface area contributed by atoms with Gasteiger partial charge in [-0.3, -0.25) is 4.79 Å². The largest absolute Gasteiger partial charge is 0.465 e. The van der Waals surface area contributed by atoms with Crippen molar-refractivity contribution in [2.75, 3.05) is 20.3 Å². The second kappa shape index (κ2) is 10.00. The van der Waals surface area contributed by atoms with Gasteiger partial charge in [0.1, 0.15) is 6.54 Å². The fourth-order valence-electron chi connectivity index (χ4n) is 2.63. The summed E-state index contributed by atoms with van der Waals surface area (Å²) in [5.74, 6) is -1.28. The molecule has 0 radical (unpaired) electrons. The van der Waals surface area contributed by atoms with Crippen molar-refractivity contribution < 1.29 is 27.5 Å². The number of aryl methyl sites for hydroxylation is 1. The fourth-order valence-corrected chi connectivity index (χ4v) is 4.40. The molecule has 0 atom stereocenters. The first-order valence-electron chi connectivity index (χ1n) is 8.78. The lowest BCUT2D eigenvalue weighted by molar-refractivity contribution is -0.143. The fraction of sp³-hybridized carbons (Fsp3) is 0.300. The summed E-state index contributed by atoms with van der Waals surface area (Å²) in [5, 5.41) is 0. The molecule has 2 aromatic carbocycles. The van der Waals surface area contributed by atoms with Crippen molar-refractivity contribution in [1.29, 1.82) is 0 Å². The highest BCUT2D eigenvalue weighted by atomic mass is 79.9. The third-order valence-electron chi connectivity index (χ3n) is 4.09. The van der Waals surface area contributed by atoms with Crippen molar-refractivity contribution >= 4 is 37.9 Å². The number of esters is 2. The van der Waals surface area contributed by atoms with E-state index in [9.17, 15) is 18.0 Å². The van der Waals surface area contributed by atoms with Gasteiger partial charge in [0, 0.05) is 11.0 Å². The van der Waals surface area contributed by atoms with Crippen LogP contribution in [0.25, 0.3) is 0 Å². The van der Waals surface area contributed by atoms with Crippen LogP contribution in [-0.4, -0.2) is 44.9 Å². The van der Waals surface area contributed by atoms with Crippen molar-refractivity contribution in [1.82, 2.24) is 4.31 Å². The zero-order chi connectivity index (χ0) is 21.6. The third kappa shape index (κ3) is 5.88. The average Bonchev–Trinajstić information content (AvgIpc) is 2.67. The molecule has 0 aliphatic carbocycles. The number of rotatable bonds is 8. The smallest absolute Gasteiger partial charge is 0.338 e. The maximum absolute atomic E-state index is 13.2. The molecule has 0 unspecified atom stereocenters. The highest BCUT2D eigenvalue weighted by Gasteiger charge is 2.29. The van der Waals surface area contributed by atoms with Crippen molar-refractivity contribution in [3.05, 3.63) is 63.6 Å². The lowest BCUT2D eigenvalue weighted by Crippen LogP contribution is -2.36. The maximum Gasteiger partial charge on any atom is 0.338 e. The van der Waals surface area contributed by atoms with E-state index in [0.29, 0.717) is 10.0 Å². The minimum absolute atomic E-state index is 0.0435. The molecule has 0 aliphatic heterocycles. The zero-order valence-electron chi connectivity index (χ0n) is 16.3. The number of carbonyl (C=O) groups excluding carboxylic acids is 2. The SMILES string of the molecule is CCOC(=O)CN(Cc1cc(Br)ccc1C(=O)OC)S(=O)(=O)c1ccc(C)cc1. The number of sulfonamides is 1. The molecule has 7 nitrogen and oxygen atoms in total. The summed E-state index contributed by atoms with van der Waals surface area (Å²) < 4.78 is 37.8. The minimum Gasteiger partial charge on any atom is -0.465 e. The van der Waals surface area contributed by atoms with Crippen LogP contribution in [0.15, 0.2) is 51.8 Å². The molecule has 0 fully saturated rings. The Balaban J connectivity index is 2.49. The van der Waals surface area contributed by atoms with E-state index in [1.165, 1.54) is 25.3 Å². The van der Waals surface area contributed by atoms with Gasteiger partial charge in [0.05, 0.1) is 24.2 Å². The molecule has 0 amide bonds. The Morgan fingerprint density at radius 3 is 2.34 bits per heavy atom. The number of carbonyl (C=O) groups is 2. The van der Waals surface area contributed by atoms with E-state index in [1.54, 1.807) is 31.2 Å². The Labute approximate surface area is 178 Å². The molecule has 29 heavy (non-hydrogen) atoms. The number of methoxy groups -OCH3 is 1. The van der Waals surface area contributed by atoms with Gasteiger partial charge in [-0.1, -0.05) is 33.6 Å². The van der Waals surface area contributed by atoms with E-state index >= 15 is 0 Å². The Morgan fingerprint density at radius 1 is 1.10 bits per heavy atom. The molecule has 156 valence electrons. The van der Waals surface area contributed by atoms with Crippen molar-refractivity contribution in [3.8, 4) is 0 Å². The molecule has 2 rings (SSSR count). The molecule has 0 heterocycles. The van der Waals surface area contributed by atoms with Crippen LogP contribution in [0.4, 0.5) is 0 Å². The number of halogens is 1. The number of hydrogen-bond donors (Lipinski definition) is 0. The molecule has 0 spiro atoms. The summed E-state index contributed by atoms with van der Waals surface area (Å²) in [4.78, 5) is 24.2. The average molecular weight is 484 g/mol. The lowest BCUT2D eigenvalue weighted by atomic mass is 10.1. The molecule has 0 aromatic heterocycles. The van der Waals surface area contributed by atoms with Gasteiger partial charge in [0.25, 0.3) is 0 Å². The summed E-state index contributed by atoms with van der Waals surface area (Å²) in [5.41, 5.74) is 1.51. The summed E-state index contributed by atoms with van der Waals surface area (Å²) in [6.07, 6.45) is 0. The van der Waals surface area contributed by atoms with Gasteiger partial charge >= 0.3 is 11.9 Å². The zero-order valence-corrected chi connectivity index (χ0v) is 18.7. The van der Waals surface area contributed by atoms with Gasteiger partial charge in [0.15, 0.2) is 0 Å². The molecule has 0 N–H and O–H groups in total. The number of ether oxygens (including phenoxy) is 2. The van der Waals surface area contributed by atoms with Crippen LogP contribution in [0, 0.1) is 6.92 Å². The first kappa shape index (κ1) is 23.1. The Morgan fingerprint density at radius 2 is 1.76 bits per heavy atom. The molecule has 0 saturated carbocycles. The van der Waals surface area contributed by atoms with Crippen LogP contribution in [0.3, 0.4) is 0 Å². The van der Waals surface area contributed by atoms with Gasteiger partial charge in [-0.25, -0.2) is 13.2 Å². The normalized spacial score (nSPS) is 11.3. The van der Waals surface area contributed by atoms with Gasteiger partial charge < -0.3 is 9.47 Å². The van der Waals surface area contributed by atoms with E-state index in [2.05, 4.69) is 15.9 Å². The topological polar surface area (TPSA) is 90.0 Å². The monoisotopic (exact) mass is 483 g/mol. The summed E-state index contributed by atoms with van der Waals surface area (Å²) >= 11 is 3.32. The van der Waals surface area contributed by atoms with Crippen LogP contribution < -0.4 is 0 Å². The highest BCUT2D eigenvalue weighted by Crippen LogP contribution is 2.23. The van der Waals surface area contributed by atoms with Crippen molar-refractivity contribution in [2.45, 2.75) is 25.3 Å². The number of hydrogen-bond acceptors (Lipinski definition) is 6. The van der Waals surface area contributed by atoms with E-state index in [-0.39, 0.29) is 23.6 Å². The van der Waals surface area contributed by atoms with Crippen LogP contribution in [0.2, 0.25) is 0 Å². The Hall–Kier alpha value is -2.23. The summed E-state index contributed by atoms with van der Waals surface area (Å²) in [6, 6.07) is 11.1. The van der Waals surface area contributed by atoms with E-state index in [4.69, 9.17) is 9.47 Å².